The summed E-state index contributed by atoms with van der Waals surface area (Å²) in [5.74, 6) is -2.93. The molecule has 194 valence electrons. The van der Waals surface area contributed by atoms with Gasteiger partial charge in [-0.1, -0.05) is 6.58 Å². The Morgan fingerprint density at radius 1 is 1.14 bits per heavy atom. The summed E-state index contributed by atoms with van der Waals surface area (Å²) in [4.78, 5) is 50.0. The zero-order chi connectivity index (χ0) is 26.2. The van der Waals surface area contributed by atoms with Crippen molar-refractivity contribution < 1.29 is 52.0 Å². The summed E-state index contributed by atoms with van der Waals surface area (Å²) < 4.78 is 39.8. The van der Waals surface area contributed by atoms with Crippen molar-refractivity contribution in [2.24, 2.45) is 5.92 Å². The second-order valence-electron chi connectivity index (χ2n) is 9.97. The van der Waals surface area contributed by atoms with Crippen LogP contribution in [0.1, 0.15) is 62.9 Å². The smallest absolute Gasteiger partial charge is 0.345 e. The number of carbonyl (C=O) groups is 4. The third-order valence-electron chi connectivity index (χ3n) is 7.39. The second-order valence-corrected chi connectivity index (χ2v) is 9.97. The molecule has 0 unspecified atom stereocenters. The summed E-state index contributed by atoms with van der Waals surface area (Å²) in [7, 11) is 1.19. The highest BCUT2D eigenvalue weighted by atomic mass is 16.7. The van der Waals surface area contributed by atoms with Crippen molar-refractivity contribution in [2.75, 3.05) is 7.11 Å². The number of aryl methyl sites for hydroxylation is 1. The van der Waals surface area contributed by atoms with E-state index in [1.165, 1.54) is 21.0 Å². The van der Waals surface area contributed by atoms with Gasteiger partial charge in [-0.3, -0.25) is 9.59 Å². The fraction of sp³-hybridized carbons (Fsp3) is 0.600. The van der Waals surface area contributed by atoms with Gasteiger partial charge in [-0.15, -0.1) is 0 Å². The van der Waals surface area contributed by atoms with Gasteiger partial charge < -0.3 is 32.8 Å². The molecule has 11 heteroatoms. The van der Waals surface area contributed by atoms with Gasteiger partial charge in [-0.25, -0.2) is 9.59 Å². The molecule has 0 saturated carbocycles. The highest BCUT2D eigenvalue weighted by Crippen LogP contribution is 2.60. The van der Waals surface area contributed by atoms with Crippen molar-refractivity contribution in [3.05, 3.63) is 35.3 Å². The number of fused-ring (bicyclic) bond motifs is 4. The summed E-state index contributed by atoms with van der Waals surface area (Å²) in [5.41, 5.74) is -1.64. The molecule has 36 heavy (non-hydrogen) atoms. The second kappa shape index (κ2) is 8.17. The van der Waals surface area contributed by atoms with Gasteiger partial charge in [0.2, 0.25) is 5.60 Å². The average Bonchev–Trinajstić information content (AvgIpc) is 3.63. The summed E-state index contributed by atoms with van der Waals surface area (Å²) in [5, 5.41) is 0. The summed E-state index contributed by atoms with van der Waals surface area (Å²) >= 11 is 0. The van der Waals surface area contributed by atoms with Crippen LogP contribution in [0.4, 0.5) is 0 Å². The highest BCUT2D eigenvalue weighted by Gasteiger charge is 2.79. The largest absolute Gasteiger partial charge is 0.466 e. The number of carbonyl (C=O) groups excluding carboxylic acids is 4. The number of hydrogen-bond donors (Lipinski definition) is 0. The molecule has 4 bridgehead atoms. The first kappa shape index (κ1) is 24.5. The molecular weight excluding hydrogens is 476 g/mol. The van der Waals surface area contributed by atoms with E-state index in [0.29, 0.717) is 17.7 Å². The van der Waals surface area contributed by atoms with Gasteiger partial charge in [-0.2, -0.15) is 0 Å². The zero-order valence-electron chi connectivity index (χ0n) is 20.7. The molecular formula is C25H28O11. The van der Waals surface area contributed by atoms with Gasteiger partial charge in [0, 0.05) is 31.8 Å². The fourth-order valence-electron chi connectivity index (χ4n) is 5.57. The van der Waals surface area contributed by atoms with Crippen LogP contribution < -0.4 is 0 Å². The Bertz CT molecular complexity index is 1170. The van der Waals surface area contributed by atoms with Crippen LogP contribution in [-0.2, 0) is 47.6 Å². The lowest BCUT2D eigenvalue weighted by molar-refractivity contribution is -0.168. The molecule has 5 heterocycles. The van der Waals surface area contributed by atoms with Crippen molar-refractivity contribution in [3.8, 4) is 0 Å². The van der Waals surface area contributed by atoms with E-state index < -0.39 is 71.5 Å². The molecule has 3 fully saturated rings. The topological polar surface area (TPSA) is 143 Å². The predicted octanol–water partition coefficient (Wildman–Crippen LogP) is 2.16. The third-order valence-corrected chi connectivity index (χ3v) is 7.39. The Morgan fingerprint density at radius 2 is 1.83 bits per heavy atom. The van der Waals surface area contributed by atoms with Gasteiger partial charge in [0.05, 0.1) is 7.11 Å². The van der Waals surface area contributed by atoms with Crippen molar-refractivity contribution in [1.82, 2.24) is 0 Å². The molecule has 0 aliphatic carbocycles. The van der Waals surface area contributed by atoms with Crippen LogP contribution in [0.2, 0.25) is 0 Å². The quantitative estimate of drug-likeness (QED) is 0.257. The lowest BCUT2D eigenvalue weighted by Gasteiger charge is -2.30. The van der Waals surface area contributed by atoms with E-state index in [9.17, 15) is 19.2 Å². The number of ether oxygens (including phenoxy) is 6. The Hall–Kier alpha value is -3.18. The SMILES string of the molecule is C=C(C(=O)OC)[C@H]1C[C@H](OC(C)=O)[C@@]23O[C@@H]2[C@@H](C[C@]2(C)O[C@H]2c2cc(C)c(o2)[C@@H]1OC(C)=O)OC3=O. The molecule has 1 aromatic heterocycles. The molecule has 4 aliphatic heterocycles. The van der Waals surface area contributed by atoms with Crippen LogP contribution in [0.15, 0.2) is 22.6 Å². The van der Waals surface area contributed by atoms with Crippen LogP contribution in [-0.4, -0.2) is 60.5 Å². The lowest BCUT2D eigenvalue weighted by atomic mass is 9.81. The first-order valence-electron chi connectivity index (χ1n) is 11.7. The standard InChI is InChI=1S/C25H28O11/c1-10-7-15-20-24(5,35-20)9-16-21-25(36-21,23(29)34-16)17(31-12(3)26)8-14(11(2)22(28)30-6)19(18(10)33-15)32-13(4)27/h7,14,16-17,19-21H,2,8-9H2,1,3-6H3/t14-,16-,17+,19-,20+,21-,24+,25-/m1/s1. The maximum atomic E-state index is 13.1. The first-order chi connectivity index (χ1) is 16.9. The van der Waals surface area contributed by atoms with Crippen molar-refractivity contribution in [3.63, 3.8) is 0 Å². The molecule has 0 radical (unpaired) electrons. The van der Waals surface area contributed by atoms with Gasteiger partial charge in [0.1, 0.15) is 41.5 Å². The molecule has 8 atom stereocenters. The van der Waals surface area contributed by atoms with Gasteiger partial charge in [0.25, 0.3) is 0 Å². The minimum Gasteiger partial charge on any atom is -0.466 e. The minimum atomic E-state index is -1.55. The highest BCUT2D eigenvalue weighted by molar-refractivity contribution is 5.89. The van der Waals surface area contributed by atoms with Crippen molar-refractivity contribution in [1.29, 1.82) is 0 Å². The van der Waals surface area contributed by atoms with E-state index in [4.69, 9.17) is 32.8 Å². The van der Waals surface area contributed by atoms with Crippen LogP contribution in [0.3, 0.4) is 0 Å². The molecule has 11 nitrogen and oxygen atoms in total. The van der Waals surface area contributed by atoms with Gasteiger partial charge in [-0.05, 0) is 31.9 Å². The summed E-state index contributed by atoms with van der Waals surface area (Å²) in [6, 6.07) is 1.79. The summed E-state index contributed by atoms with van der Waals surface area (Å²) in [6.07, 6.45) is -3.87. The van der Waals surface area contributed by atoms with E-state index in [2.05, 4.69) is 6.58 Å². The normalized spacial score (nSPS) is 38.1. The first-order valence-corrected chi connectivity index (χ1v) is 11.7. The number of rotatable bonds is 4. The third kappa shape index (κ3) is 3.72. The molecule has 0 amide bonds. The monoisotopic (exact) mass is 504 g/mol. The lowest BCUT2D eigenvalue weighted by Crippen LogP contribution is -2.43. The number of furan rings is 1. The van der Waals surface area contributed by atoms with Crippen LogP contribution in [0.25, 0.3) is 0 Å². The molecule has 0 aromatic carbocycles. The van der Waals surface area contributed by atoms with E-state index in [-0.39, 0.29) is 17.8 Å². The Balaban J connectivity index is 1.66. The Morgan fingerprint density at radius 3 is 2.44 bits per heavy atom. The van der Waals surface area contributed by atoms with E-state index in [1.54, 1.807) is 13.0 Å². The zero-order valence-corrected chi connectivity index (χ0v) is 20.7. The molecule has 0 N–H and O–H groups in total. The molecule has 1 aromatic rings. The van der Waals surface area contributed by atoms with E-state index >= 15 is 0 Å². The number of epoxide rings is 2. The summed E-state index contributed by atoms with van der Waals surface area (Å²) in [6.45, 7) is 9.96. The van der Waals surface area contributed by atoms with Gasteiger partial charge in [0.15, 0.2) is 6.10 Å². The van der Waals surface area contributed by atoms with E-state index in [1.807, 2.05) is 6.92 Å². The number of methoxy groups -OCH3 is 1. The van der Waals surface area contributed by atoms with Crippen LogP contribution >= 0.6 is 0 Å². The molecule has 5 rings (SSSR count). The Kier molecular flexibility index (Phi) is 5.56. The average molecular weight is 504 g/mol. The van der Waals surface area contributed by atoms with E-state index in [0.717, 1.165) is 0 Å². The van der Waals surface area contributed by atoms with Gasteiger partial charge >= 0.3 is 23.9 Å². The Labute approximate surface area is 207 Å². The maximum Gasteiger partial charge on any atom is 0.345 e. The predicted molar refractivity (Wildman–Crippen MR) is 117 cm³/mol. The molecule has 4 aliphatic rings. The van der Waals surface area contributed by atoms with Crippen molar-refractivity contribution >= 4 is 23.9 Å². The molecule has 0 spiro atoms. The van der Waals surface area contributed by atoms with Crippen molar-refractivity contribution in [2.45, 2.75) is 82.3 Å². The van der Waals surface area contributed by atoms with Crippen LogP contribution in [0, 0.1) is 12.8 Å². The maximum absolute atomic E-state index is 13.1. The fourth-order valence-corrected chi connectivity index (χ4v) is 5.57. The number of esters is 4. The van der Waals surface area contributed by atoms with Crippen LogP contribution in [0.5, 0.6) is 0 Å². The minimum absolute atomic E-state index is 0.0582. The molecule has 3 saturated heterocycles. The number of hydrogen-bond acceptors (Lipinski definition) is 11.